The molecule has 1 atom stereocenters. The Morgan fingerprint density at radius 2 is 2.06 bits per heavy atom. The molecule has 2 heteroatoms. The minimum absolute atomic E-state index is 0.696. The van der Waals surface area contributed by atoms with Gasteiger partial charge in [0.15, 0.2) is 0 Å². The SMILES string of the molecule is C=C(C)COCCNC(CCC(C)C)C1CC1. The molecule has 0 aromatic carbocycles. The highest BCUT2D eigenvalue weighted by Gasteiger charge is 2.30. The number of ether oxygens (including phenoxy) is 1. The molecule has 17 heavy (non-hydrogen) atoms. The van der Waals surface area contributed by atoms with E-state index >= 15 is 0 Å². The van der Waals surface area contributed by atoms with Gasteiger partial charge < -0.3 is 10.1 Å². The van der Waals surface area contributed by atoms with Crippen molar-refractivity contribution in [3.8, 4) is 0 Å². The van der Waals surface area contributed by atoms with Crippen LogP contribution in [0.2, 0.25) is 0 Å². The smallest absolute Gasteiger partial charge is 0.0672 e. The van der Waals surface area contributed by atoms with Crippen molar-refractivity contribution in [3.63, 3.8) is 0 Å². The summed E-state index contributed by atoms with van der Waals surface area (Å²) in [6, 6.07) is 0.728. The van der Waals surface area contributed by atoms with Crippen LogP contribution in [0.5, 0.6) is 0 Å². The molecule has 0 aliphatic heterocycles. The van der Waals surface area contributed by atoms with Gasteiger partial charge in [0, 0.05) is 12.6 Å². The van der Waals surface area contributed by atoms with Crippen LogP contribution in [0.1, 0.15) is 46.5 Å². The van der Waals surface area contributed by atoms with E-state index in [4.69, 9.17) is 4.74 Å². The Labute approximate surface area is 107 Å². The molecule has 1 aliphatic rings. The van der Waals surface area contributed by atoms with Crippen molar-refractivity contribution in [3.05, 3.63) is 12.2 Å². The minimum Gasteiger partial charge on any atom is -0.376 e. The lowest BCUT2D eigenvalue weighted by Crippen LogP contribution is -2.34. The average molecular weight is 239 g/mol. The minimum atomic E-state index is 0.696. The van der Waals surface area contributed by atoms with E-state index in [0.29, 0.717) is 6.61 Å². The van der Waals surface area contributed by atoms with Crippen molar-refractivity contribution in [1.29, 1.82) is 0 Å². The maximum atomic E-state index is 5.51. The van der Waals surface area contributed by atoms with Crippen LogP contribution in [0.3, 0.4) is 0 Å². The summed E-state index contributed by atoms with van der Waals surface area (Å²) in [5, 5.41) is 3.66. The van der Waals surface area contributed by atoms with E-state index in [9.17, 15) is 0 Å². The first kappa shape index (κ1) is 14.7. The third-order valence-corrected chi connectivity index (χ3v) is 3.25. The molecule has 0 radical (unpaired) electrons. The van der Waals surface area contributed by atoms with Gasteiger partial charge in [-0.3, -0.25) is 0 Å². The van der Waals surface area contributed by atoms with Gasteiger partial charge in [0.05, 0.1) is 13.2 Å². The van der Waals surface area contributed by atoms with Crippen LogP contribution in [0.15, 0.2) is 12.2 Å². The predicted octanol–water partition coefficient (Wildman–Crippen LogP) is 3.38. The topological polar surface area (TPSA) is 21.3 Å². The Balaban J connectivity index is 2.06. The summed E-state index contributed by atoms with van der Waals surface area (Å²) in [4.78, 5) is 0. The highest BCUT2D eigenvalue weighted by Crippen LogP contribution is 2.34. The zero-order valence-corrected chi connectivity index (χ0v) is 11.8. The van der Waals surface area contributed by atoms with Gasteiger partial charge in [0.1, 0.15) is 0 Å². The van der Waals surface area contributed by atoms with E-state index < -0.39 is 0 Å². The van der Waals surface area contributed by atoms with E-state index in [2.05, 4.69) is 25.7 Å². The fourth-order valence-electron chi connectivity index (χ4n) is 2.08. The van der Waals surface area contributed by atoms with E-state index in [0.717, 1.165) is 36.6 Å². The summed E-state index contributed by atoms with van der Waals surface area (Å²) in [6.45, 7) is 12.9. The highest BCUT2D eigenvalue weighted by atomic mass is 16.5. The number of rotatable bonds is 10. The number of hydrogen-bond donors (Lipinski definition) is 1. The van der Waals surface area contributed by atoms with E-state index in [-0.39, 0.29) is 0 Å². The molecule has 0 amide bonds. The first-order chi connectivity index (χ1) is 8.09. The number of hydrogen-bond acceptors (Lipinski definition) is 2. The second-order valence-corrected chi connectivity index (χ2v) is 5.88. The van der Waals surface area contributed by atoms with Crippen molar-refractivity contribution >= 4 is 0 Å². The van der Waals surface area contributed by atoms with Gasteiger partial charge in [-0.25, -0.2) is 0 Å². The van der Waals surface area contributed by atoms with Crippen molar-refractivity contribution in [2.24, 2.45) is 11.8 Å². The number of nitrogens with one attached hydrogen (secondary N) is 1. The Morgan fingerprint density at radius 1 is 1.35 bits per heavy atom. The van der Waals surface area contributed by atoms with E-state index in [1.807, 2.05) is 6.92 Å². The van der Waals surface area contributed by atoms with Crippen LogP contribution in [-0.2, 0) is 4.74 Å². The highest BCUT2D eigenvalue weighted by molar-refractivity contribution is 4.88. The quantitative estimate of drug-likeness (QED) is 0.466. The Hall–Kier alpha value is -0.340. The summed E-state index contributed by atoms with van der Waals surface area (Å²) in [5.41, 5.74) is 1.10. The predicted molar refractivity (Wildman–Crippen MR) is 74.2 cm³/mol. The summed E-state index contributed by atoms with van der Waals surface area (Å²) in [6.07, 6.45) is 5.49. The first-order valence-corrected chi connectivity index (χ1v) is 7.05. The lowest BCUT2D eigenvalue weighted by molar-refractivity contribution is 0.153. The Bertz CT molecular complexity index is 221. The van der Waals surface area contributed by atoms with Crippen molar-refractivity contribution in [1.82, 2.24) is 5.32 Å². The standard InChI is InChI=1S/C15H29NO/c1-12(2)5-8-15(14-6-7-14)16-9-10-17-11-13(3)4/h12,14-16H,3,5-11H2,1-2,4H3. The molecule has 1 N–H and O–H groups in total. The van der Waals surface area contributed by atoms with Gasteiger partial charge in [0.25, 0.3) is 0 Å². The molecule has 1 aliphatic carbocycles. The molecule has 0 heterocycles. The molecule has 0 aromatic heterocycles. The molecule has 1 saturated carbocycles. The normalized spacial score (nSPS) is 17.4. The van der Waals surface area contributed by atoms with Crippen molar-refractivity contribution < 1.29 is 4.74 Å². The summed E-state index contributed by atoms with van der Waals surface area (Å²) >= 11 is 0. The fraction of sp³-hybridized carbons (Fsp3) is 0.867. The monoisotopic (exact) mass is 239 g/mol. The van der Waals surface area contributed by atoms with Gasteiger partial charge in [0.2, 0.25) is 0 Å². The van der Waals surface area contributed by atoms with Gasteiger partial charge in [-0.05, 0) is 44.4 Å². The Morgan fingerprint density at radius 3 is 2.59 bits per heavy atom. The summed E-state index contributed by atoms with van der Waals surface area (Å²) in [5.74, 6) is 1.76. The van der Waals surface area contributed by atoms with Crippen LogP contribution in [0.25, 0.3) is 0 Å². The summed E-state index contributed by atoms with van der Waals surface area (Å²) in [7, 11) is 0. The molecule has 1 fully saturated rings. The average Bonchev–Trinajstić information content (AvgIpc) is 3.05. The molecular formula is C15H29NO. The van der Waals surface area contributed by atoms with Gasteiger partial charge in [-0.15, -0.1) is 0 Å². The molecule has 1 rings (SSSR count). The zero-order valence-electron chi connectivity index (χ0n) is 11.8. The second kappa shape index (κ2) is 7.88. The van der Waals surface area contributed by atoms with Crippen molar-refractivity contribution in [2.45, 2.75) is 52.5 Å². The van der Waals surface area contributed by atoms with Crippen molar-refractivity contribution in [2.75, 3.05) is 19.8 Å². The van der Waals surface area contributed by atoms with Gasteiger partial charge in [-0.2, -0.15) is 0 Å². The van der Waals surface area contributed by atoms with E-state index in [1.54, 1.807) is 0 Å². The second-order valence-electron chi connectivity index (χ2n) is 5.88. The third kappa shape index (κ3) is 7.56. The molecule has 0 saturated heterocycles. The van der Waals surface area contributed by atoms with Crippen LogP contribution in [0, 0.1) is 11.8 Å². The summed E-state index contributed by atoms with van der Waals surface area (Å²) < 4.78 is 5.51. The zero-order chi connectivity index (χ0) is 12.7. The van der Waals surface area contributed by atoms with Gasteiger partial charge in [-0.1, -0.05) is 26.0 Å². The fourth-order valence-corrected chi connectivity index (χ4v) is 2.08. The largest absolute Gasteiger partial charge is 0.376 e. The van der Waals surface area contributed by atoms with E-state index in [1.165, 1.54) is 25.7 Å². The molecule has 1 unspecified atom stereocenters. The molecule has 0 bridgehead atoms. The molecule has 100 valence electrons. The Kier molecular flexibility index (Phi) is 6.83. The maximum Gasteiger partial charge on any atom is 0.0672 e. The molecular weight excluding hydrogens is 210 g/mol. The van der Waals surface area contributed by atoms with Crippen LogP contribution in [0.4, 0.5) is 0 Å². The lowest BCUT2D eigenvalue weighted by atomic mass is 10.0. The lowest BCUT2D eigenvalue weighted by Gasteiger charge is -2.19. The molecule has 0 spiro atoms. The maximum absolute atomic E-state index is 5.51. The van der Waals surface area contributed by atoms with Crippen LogP contribution >= 0.6 is 0 Å². The third-order valence-electron chi connectivity index (χ3n) is 3.25. The molecule has 2 nitrogen and oxygen atoms in total. The first-order valence-electron chi connectivity index (χ1n) is 7.05. The molecule has 0 aromatic rings. The van der Waals surface area contributed by atoms with Crippen LogP contribution < -0.4 is 5.32 Å². The van der Waals surface area contributed by atoms with Crippen LogP contribution in [-0.4, -0.2) is 25.8 Å². The van der Waals surface area contributed by atoms with Gasteiger partial charge >= 0.3 is 0 Å².